The van der Waals surface area contributed by atoms with E-state index in [0.717, 1.165) is 18.5 Å². The Balaban J connectivity index is 2.08. The maximum absolute atomic E-state index is 11.6. The molecule has 3 heteroatoms. The van der Waals surface area contributed by atoms with Crippen molar-refractivity contribution in [3.8, 4) is 0 Å². The van der Waals surface area contributed by atoms with E-state index in [9.17, 15) is 4.79 Å². The van der Waals surface area contributed by atoms with E-state index in [-0.39, 0.29) is 17.9 Å². The van der Waals surface area contributed by atoms with Crippen LogP contribution >= 0.6 is 0 Å². The fourth-order valence-corrected chi connectivity index (χ4v) is 2.37. The van der Waals surface area contributed by atoms with E-state index in [0.29, 0.717) is 0 Å². The molecule has 0 radical (unpaired) electrons. The molecule has 0 spiro atoms. The number of carbonyl (C=O) groups is 1. The van der Waals surface area contributed by atoms with Crippen LogP contribution in [0, 0.1) is 5.92 Å². The average Bonchev–Trinajstić information content (AvgIpc) is 2.46. The molecule has 2 atom stereocenters. The molecule has 0 N–H and O–H groups in total. The quantitative estimate of drug-likeness (QED) is 0.605. The van der Waals surface area contributed by atoms with Crippen LogP contribution < -0.4 is 4.90 Å². The summed E-state index contributed by atoms with van der Waals surface area (Å²) in [6.07, 6.45) is 5.85. The van der Waals surface area contributed by atoms with Gasteiger partial charge in [0.2, 0.25) is 0 Å². The maximum atomic E-state index is 11.6. The lowest BCUT2D eigenvalue weighted by molar-refractivity contribution is -0.145. The average molecular weight is 245 g/mol. The minimum absolute atomic E-state index is 0.0174. The zero-order chi connectivity index (χ0) is 13.0. The van der Waals surface area contributed by atoms with Crippen molar-refractivity contribution in [2.24, 2.45) is 5.92 Å². The molecular weight excluding hydrogens is 226 g/mol. The van der Waals surface area contributed by atoms with Gasteiger partial charge in [-0.3, -0.25) is 4.79 Å². The molecule has 1 aromatic rings. The SMILES string of the molecule is COC(=O)[C@H]1CC=C[C@@H](N(C)c2ccccc2)C1. The van der Waals surface area contributed by atoms with Crippen LogP contribution in [-0.4, -0.2) is 26.2 Å². The highest BCUT2D eigenvalue weighted by atomic mass is 16.5. The van der Waals surface area contributed by atoms with Gasteiger partial charge in [-0.05, 0) is 25.0 Å². The number of esters is 1. The molecule has 0 heterocycles. The summed E-state index contributed by atoms with van der Waals surface area (Å²) in [5.74, 6) is -0.123. The Morgan fingerprint density at radius 1 is 1.33 bits per heavy atom. The van der Waals surface area contributed by atoms with Gasteiger partial charge in [0.05, 0.1) is 13.0 Å². The van der Waals surface area contributed by atoms with E-state index in [1.54, 1.807) is 0 Å². The largest absolute Gasteiger partial charge is 0.469 e. The molecule has 1 aliphatic carbocycles. The third-order valence-corrected chi connectivity index (χ3v) is 3.50. The molecule has 0 unspecified atom stereocenters. The minimum atomic E-state index is -0.106. The number of rotatable bonds is 3. The van der Waals surface area contributed by atoms with Gasteiger partial charge in [-0.15, -0.1) is 0 Å². The fourth-order valence-electron chi connectivity index (χ4n) is 2.37. The second kappa shape index (κ2) is 5.71. The van der Waals surface area contributed by atoms with Gasteiger partial charge in [-0.2, -0.15) is 0 Å². The van der Waals surface area contributed by atoms with E-state index < -0.39 is 0 Å². The predicted molar refractivity (Wildman–Crippen MR) is 72.5 cm³/mol. The first kappa shape index (κ1) is 12.7. The third-order valence-electron chi connectivity index (χ3n) is 3.50. The number of hydrogen-bond acceptors (Lipinski definition) is 3. The first-order valence-corrected chi connectivity index (χ1v) is 6.24. The second-order valence-corrected chi connectivity index (χ2v) is 4.63. The molecule has 2 rings (SSSR count). The summed E-state index contributed by atoms with van der Waals surface area (Å²) in [7, 11) is 3.51. The van der Waals surface area contributed by atoms with Gasteiger partial charge < -0.3 is 9.64 Å². The Hall–Kier alpha value is -1.77. The lowest BCUT2D eigenvalue weighted by Crippen LogP contribution is -2.35. The number of hydrogen-bond donors (Lipinski definition) is 0. The van der Waals surface area contributed by atoms with E-state index in [2.05, 4.69) is 36.2 Å². The van der Waals surface area contributed by atoms with E-state index in [1.807, 2.05) is 18.2 Å². The van der Waals surface area contributed by atoms with Gasteiger partial charge in [-0.25, -0.2) is 0 Å². The Kier molecular flexibility index (Phi) is 4.03. The van der Waals surface area contributed by atoms with Crippen molar-refractivity contribution >= 4 is 11.7 Å². The number of carbonyl (C=O) groups excluding carboxylic acids is 1. The number of para-hydroxylation sites is 1. The number of benzene rings is 1. The van der Waals surface area contributed by atoms with Crippen LogP contribution in [0.4, 0.5) is 5.69 Å². The topological polar surface area (TPSA) is 29.5 Å². The van der Waals surface area contributed by atoms with Crippen molar-refractivity contribution in [3.63, 3.8) is 0 Å². The number of nitrogens with zero attached hydrogens (tertiary/aromatic N) is 1. The zero-order valence-electron chi connectivity index (χ0n) is 10.9. The Bertz CT molecular complexity index is 427. The zero-order valence-corrected chi connectivity index (χ0v) is 10.9. The summed E-state index contributed by atoms with van der Waals surface area (Å²) in [4.78, 5) is 13.8. The van der Waals surface area contributed by atoms with E-state index in [4.69, 9.17) is 4.74 Å². The van der Waals surface area contributed by atoms with E-state index >= 15 is 0 Å². The molecule has 1 aromatic carbocycles. The van der Waals surface area contributed by atoms with Crippen LogP contribution in [0.1, 0.15) is 12.8 Å². The summed E-state index contributed by atoms with van der Waals surface area (Å²) in [6, 6.07) is 10.5. The minimum Gasteiger partial charge on any atom is -0.469 e. The molecule has 18 heavy (non-hydrogen) atoms. The van der Waals surface area contributed by atoms with Crippen molar-refractivity contribution in [2.45, 2.75) is 18.9 Å². The molecule has 0 fully saturated rings. The molecule has 0 aliphatic heterocycles. The Morgan fingerprint density at radius 3 is 2.72 bits per heavy atom. The number of likely N-dealkylation sites (N-methyl/N-ethyl adjacent to an activating group) is 1. The molecule has 0 saturated heterocycles. The van der Waals surface area contributed by atoms with Crippen molar-refractivity contribution < 1.29 is 9.53 Å². The first-order valence-electron chi connectivity index (χ1n) is 6.24. The van der Waals surface area contributed by atoms with Crippen LogP contribution in [0.3, 0.4) is 0 Å². The highest BCUT2D eigenvalue weighted by Gasteiger charge is 2.26. The van der Waals surface area contributed by atoms with Crippen LogP contribution in [0.5, 0.6) is 0 Å². The van der Waals surface area contributed by atoms with Crippen molar-refractivity contribution in [2.75, 3.05) is 19.1 Å². The normalized spacial score (nSPS) is 22.6. The lowest BCUT2D eigenvalue weighted by atomic mass is 9.90. The Labute approximate surface area is 108 Å². The number of allylic oxidation sites excluding steroid dienone is 1. The van der Waals surface area contributed by atoms with Gasteiger partial charge in [-0.1, -0.05) is 30.4 Å². The number of anilines is 1. The van der Waals surface area contributed by atoms with Gasteiger partial charge >= 0.3 is 5.97 Å². The molecule has 0 bridgehead atoms. The molecule has 0 amide bonds. The second-order valence-electron chi connectivity index (χ2n) is 4.63. The van der Waals surface area contributed by atoms with Gasteiger partial charge in [0, 0.05) is 18.8 Å². The fraction of sp³-hybridized carbons (Fsp3) is 0.400. The molecule has 1 aliphatic rings. The number of ether oxygens (including phenoxy) is 1. The van der Waals surface area contributed by atoms with Crippen molar-refractivity contribution in [1.82, 2.24) is 0 Å². The smallest absolute Gasteiger partial charge is 0.309 e. The molecule has 3 nitrogen and oxygen atoms in total. The van der Waals surface area contributed by atoms with Crippen LogP contribution in [-0.2, 0) is 9.53 Å². The summed E-state index contributed by atoms with van der Waals surface area (Å²) in [6.45, 7) is 0. The summed E-state index contributed by atoms with van der Waals surface area (Å²) in [5.41, 5.74) is 1.16. The van der Waals surface area contributed by atoms with Crippen LogP contribution in [0.15, 0.2) is 42.5 Å². The van der Waals surface area contributed by atoms with Crippen LogP contribution in [0.2, 0.25) is 0 Å². The summed E-state index contributed by atoms with van der Waals surface area (Å²) < 4.78 is 4.83. The first-order chi connectivity index (χ1) is 8.72. The molecule has 96 valence electrons. The maximum Gasteiger partial charge on any atom is 0.309 e. The standard InChI is InChI=1S/C15H19NO2/c1-16(13-8-4-3-5-9-13)14-10-6-7-12(11-14)15(17)18-2/h3-6,8-10,12,14H,7,11H2,1-2H3/t12-,14+/m0/s1. The van der Waals surface area contributed by atoms with Crippen molar-refractivity contribution in [3.05, 3.63) is 42.5 Å². The molecule has 0 saturated carbocycles. The summed E-state index contributed by atoms with van der Waals surface area (Å²) in [5, 5.41) is 0. The van der Waals surface area contributed by atoms with Gasteiger partial charge in [0.15, 0.2) is 0 Å². The molecular formula is C15H19NO2. The van der Waals surface area contributed by atoms with Gasteiger partial charge in [0.25, 0.3) is 0 Å². The highest BCUT2D eigenvalue weighted by Crippen LogP contribution is 2.26. The number of methoxy groups -OCH3 is 1. The van der Waals surface area contributed by atoms with Crippen molar-refractivity contribution in [1.29, 1.82) is 0 Å². The predicted octanol–water partition coefficient (Wildman–Crippen LogP) is 2.63. The monoisotopic (exact) mass is 245 g/mol. The van der Waals surface area contributed by atoms with Crippen LogP contribution in [0.25, 0.3) is 0 Å². The summed E-state index contributed by atoms with van der Waals surface area (Å²) >= 11 is 0. The highest BCUT2D eigenvalue weighted by molar-refractivity contribution is 5.73. The third kappa shape index (κ3) is 2.73. The Morgan fingerprint density at radius 2 is 2.06 bits per heavy atom. The lowest BCUT2D eigenvalue weighted by Gasteiger charge is -2.32. The van der Waals surface area contributed by atoms with E-state index in [1.165, 1.54) is 7.11 Å². The van der Waals surface area contributed by atoms with Gasteiger partial charge in [0.1, 0.15) is 0 Å². The molecule has 0 aromatic heterocycles.